The Morgan fingerprint density at radius 3 is 2.67 bits per heavy atom. The molecular formula is C14H14KN3O4S2. The van der Waals surface area contributed by atoms with Crippen LogP contribution in [0.2, 0.25) is 0 Å². The molecule has 2 N–H and O–H groups in total. The van der Waals surface area contributed by atoms with Gasteiger partial charge in [-0.15, -0.1) is 11.3 Å². The second-order valence-electron chi connectivity index (χ2n) is 4.90. The van der Waals surface area contributed by atoms with E-state index in [1.54, 1.807) is 18.3 Å². The summed E-state index contributed by atoms with van der Waals surface area (Å²) in [7, 11) is -2.67. The van der Waals surface area contributed by atoms with E-state index < -0.39 is 15.9 Å². The molecule has 0 fully saturated rings. The molecule has 2 heterocycles. The Bertz CT molecular complexity index is 943. The van der Waals surface area contributed by atoms with Crippen molar-refractivity contribution < 1.29 is 71.1 Å². The van der Waals surface area contributed by atoms with Crippen molar-refractivity contribution in [3.05, 3.63) is 46.6 Å². The standard InChI is InChI=1S/C14H13N3O4S2.K.H/c1-8-7-15-14(22-8)16-13(19)11-12(18)9-5-3-4-6-10(9)23(20,21)17(11)2;;/h3-7,18H,1-2H3,(H,15,16,19);;/q;+1;-1. The van der Waals surface area contributed by atoms with E-state index >= 15 is 0 Å². The monoisotopic (exact) mass is 391 g/mol. The number of sulfonamides is 1. The quantitative estimate of drug-likeness (QED) is 0.644. The number of carbonyl (C=O) groups is 1. The molecule has 1 aliphatic rings. The molecule has 0 saturated heterocycles. The maximum absolute atomic E-state index is 12.5. The number of benzene rings is 1. The average molecular weight is 392 g/mol. The number of rotatable bonds is 2. The molecule has 1 amide bonds. The Morgan fingerprint density at radius 2 is 2.04 bits per heavy atom. The van der Waals surface area contributed by atoms with Gasteiger partial charge < -0.3 is 6.53 Å². The summed E-state index contributed by atoms with van der Waals surface area (Å²) in [5.41, 5.74) is -0.234. The Labute approximate surface area is 187 Å². The molecule has 7 nitrogen and oxygen atoms in total. The number of aryl methyl sites for hydroxylation is 1. The van der Waals surface area contributed by atoms with Gasteiger partial charge in [0.15, 0.2) is 16.6 Å². The number of thiazole rings is 1. The summed E-state index contributed by atoms with van der Waals surface area (Å²) in [4.78, 5) is 17.3. The zero-order valence-electron chi connectivity index (χ0n) is 14.3. The molecule has 3 rings (SSSR count). The number of aliphatic hydroxyl groups excluding tert-OH is 1. The van der Waals surface area contributed by atoms with Crippen molar-refractivity contribution in [1.29, 1.82) is 0 Å². The Balaban J connectivity index is 0.00000156. The molecule has 1 aromatic heterocycles. The SMILES string of the molecule is Cc1cnc(NC(=O)C2=C(O)c3ccccc3S(=O)(=O)N2C)s1.[H-].[K+]. The minimum Gasteiger partial charge on any atom is -1.00 e. The van der Waals surface area contributed by atoms with Gasteiger partial charge in [0.2, 0.25) is 0 Å². The zero-order valence-corrected chi connectivity index (χ0v) is 18.0. The summed E-state index contributed by atoms with van der Waals surface area (Å²) in [5.74, 6) is -1.12. The number of nitrogens with one attached hydrogen (secondary N) is 1. The van der Waals surface area contributed by atoms with Crippen molar-refractivity contribution in [2.75, 3.05) is 12.4 Å². The van der Waals surface area contributed by atoms with E-state index in [9.17, 15) is 18.3 Å². The Kier molecular flexibility index (Phi) is 5.90. The van der Waals surface area contributed by atoms with Crippen LogP contribution in [0.25, 0.3) is 5.76 Å². The number of aliphatic hydroxyl groups is 1. The Morgan fingerprint density at radius 1 is 1.38 bits per heavy atom. The van der Waals surface area contributed by atoms with Crippen molar-refractivity contribution >= 4 is 38.2 Å². The number of amides is 1. The summed E-state index contributed by atoms with van der Waals surface area (Å²) in [6.07, 6.45) is 1.59. The second kappa shape index (κ2) is 7.24. The fraction of sp³-hybridized carbons (Fsp3) is 0.143. The normalized spacial score (nSPS) is 15.5. The molecule has 0 unspecified atom stereocenters. The molecular weight excluding hydrogens is 377 g/mol. The van der Waals surface area contributed by atoms with E-state index in [1.807, 2.05) is 6.92 Å². The third-order valence-electron chi connectivity index (χ3n) is 3.38. The fourth-order valence-electron chi connectivity index (χ4n) is 2.25. The number of hydrogen-bond donors (Lipinski definition) is 2. The van der Waals surface area contributed by atoms with Gasteiger partial charge in [-0.3, -0.25) is 14.4 Å². The summed E-state index contributed by atoms with van der Waals surface area (Å²) < 4.78 is 25.8. The number of anilines is 1. The topological polar surface area (TPSA) is 99.6 Å². The minimum absolute atomic E-state index is 0. The van der Waals surface area contributed by atoms with Crippen LogP contribution in [0.4, 0.5) is 5.13 Å². The van der Waals surface area contributed by atoms with E-state index in [4.69, 9.17) is 0 Å². The molecule has 10 heteroatoms. The van der Waals surface area contributed by atoms with Crippen LogP contribution in [0.5, 0.6) is 0 Å². The molecule has 2 aromatic rings. The molecule has 0 atom stereocenters. The first-order valence-corrected chi connectivity index (χ1v) is 8.83. The predicted octanol–water partition coefficient (Wildman–Crippen LogP) is -0.933. The molecule has 0 saturated carbocycles. The maximum atomic E-state index is 12.5. The Hall–Kier alpha value is -0.754. The van der Waals surface area contributed by atoms with E-state index in [1.165, 1.54) is 30.5 Å². The van der Waals surface area contributed by atoms with Crippen LogP contribution in [0.3, 0.4) is 0 Å². The predicted molar refractivity (Wildman–Crippen MR) is 87.5 cm³/mol. The summed E-state index contributed by atoms with van der Waals surface area (Å²) in [6.45, 7) is 1.83. The molecule has 1 aliphatic heterocycles. The second-order valence-corrected chi connectivity index (χ2v) is 8.07. The number of hydrogen-bond acceptors (Lipinski definition) is 6. The van der Waals surface area contributed by atoms with Crippen molar-refractivity contribution in [1.82, 2.24) is 9.29 Å². The van der Waals surface area contributed by atoms with Crippen LogP contribution >= 0.6 is 11.3 Å². The van der Waals surface area contributed by atoms with Crippen LogP contribution < -0.4 is 56.7 Å². The van der Waals surface area contributed by atoms with Crippen LogP contribution in [0, 0.1) is 6.92 Å². The van der Waals surface area contributed by atoms with Crippen LogP contribution in [-0.4, -0.2) is 35.8 Å². The number of likely N-dealkylation sites (N-methyl/N-ethyl adjacent to an activating group) is 1. The van der Waals surface area contributed by atoms with Crippen molar-refractivity contribution in [2.24, 2.45) is 0 Å². The first kappa shape index (κ1) is 19.6. The number of fused-ring (bicyclic) bond motifs is 1. The molecule has 0 spiro atoms. The van der Waals surface area contributed by atoms with Gasteiger partial charge in [-0.05, 0) is 19.1 Å². The van der Waals surface area contributed by atoms with E-state index in [-0.39, 0.29) is 74.7 Å². The first-order chi connectivity index (χ1) is 10.8. The number of nitrogens with zero attached hydrogens (tertiary/aromatic N) is 2. The van der Waals surface area contributed by atoms with Crippen molar-refractivity contribution in [2.45, 2.75) is 11.8 Å². The van der Waals surface area contributed by atoms with Gasteiger partial charge in [0, 0.05) is 23.7 Å². The molecule has 122 valence electrons. The molecule has 24 heavy (non-hydrogen) atoms. The maximum Gasteiger partial charge on any atom is 1.00 e. The molecule has 0 aliphatic carbocycles. The molecule has 0 bridgehead atoms. The van der Waals surface area contributed by atoms with Gasteiger partial charge in [-0.25, -0.2) is 13.4 Å². The van der Waals surface area contributed by atoms with Gasteiger partial charge in [-0.2, -0.15) is 0 Å². The van der Waals surface area contributed by atoms with Gasteiger partial charge in [0.1, 0.15) is 0 Å². The fourth-order valence-corrected chi connectivity index (χ4v) is 4.31. The van der Waals surface area contributed by atoms with Crippen molar-refractivity contribution in [3.8, 4) is 0 Å². The zero-order chi connectivity index (χ0) is 16.8. The number of carbonyl (C=O) groups excluding carboxylic acids is 1. The molecule has 0 radical (unpaired) electrons. The van der Waals surface area contributed by atoms with Gasteiger partial charge in [0.25, 0.3) is 15.9 Å². The first-order valence-electron chi connectivity index (χ1n) is 6.57. The molecule has 1 aromatic carbocycles. The van der Waals surface area contributed by atoms with Gasteiger partial charge >= 0.3 is 51.4 Å². The van der Waals surface area contributed by atoms with E-state index in [0.717, 1.165) is 9.18 Å². The smallest absolute Gasteiger partial charge is 1.00 e. The number of aromatic nitrogens is 1. The summed E-state index contributed by atoms with van der Waals surface area (Å²) >= 11 is 1.25. The third-order valence-corrected chi connectivity index (χ3v) is 6.02. The van der Waals surface area contributed by atoms with Crippen LogP contribution in [-0.2, 0) is 14.8 Å². The van der Waals surface area contributed by atoms with E-state index in [2.05, 4.69) is 10.3 Å². The van der Waals surface area contributed by atoms with E-state index in [0.29, 0.717) is 5.13 Å². The average Bonchev–Trinajstić information content (AvgIpc) is 2.91. The summed E-state index contributed by atoms with van der Waals surface area (Å²) in [6, 6.07) is 5.99. The van der Waals surface area contributed by atoms with Crippen molar-refractivity contribution in [3.63, 3.8) is 0 Å². The third kappa shape index (κ3) is 3.32. The minimum atomic E-state index is -3.90. The van der Waals surface area contributed by atoms with Crippen LogP contribution in [0.1, 0.15) is 11.9 Å². The van der Waals surface area contributed by atoms with Crippen LogP contribution in [0.15, 0.2) is 41.1 Å². The summed E-state index contributed by atoms with van der Waals surface area (Å²) in [5, 5.41) is 13.2. The largest absolute Gasteiger partial charge is 1.00 e. The van der Waals surface area contributed by atoms with Gasteiger partial charge in [0.05, 0.1) is 4.90 Å². The van der Waals surface area contributed by atoms with Gasteiger partial charge in [-0.1, -0.05) is 12.1 Å².